The van der Waals surface area contributed by atoms with E-state index < -0.39 is 6.95 Å². The second-order valence-electron chi connectivity index (χ2n) is 2.50. The number of rotatable bonds is 0. The fraction of sp³-hybridized carbons (Fsp3) is 1.00. The summed E-state index contributed by atoms with van der Waals surface area (Å²) in [5, 5.41) is 0. The highest BCUT2D eigenvalue weighted by Crippen LogP contribution is 2.58. The molecule has 0 unspecified atom stereocenters. The van der Waals surface area contributed by atoms with E-state index in [0.717, 1.165) is 6.42 Å². The first kappa shape index (κ1) is 8.54. The summed E-state index contributed by atoms with van der Waals surface area (Å²) >= 11 is 5.37. The van der Waals surface area contributed by atoms with Gasteiger partial charge in [-0.1, -0.05) is 0 Å². The molecule has 10 heavy (non-hydrogen) atoms. The van der Waals surface area contributed by atoms with Crippen LogP contribution in [0.4, 0.5) is 0 Å². The molecule has 0 radical (unpaired) electrons. The Balaban J connectivity index is 2.60. The Morgan fingerprint density at radius 3 is 2.10 bits per heavy atom. The summed E-state index contributed by atoms with van der Waals surface area (Å²) in [7, 11) is 0. The summed E-state index contributed by atoms with van der Waals surface area (Å²) < 4.78 is 20.7. The first-order chi connectivity index (χ1) is 4.49. The molecule has 3 nitrogen and oxygen atoms in total. The van der Waals surface area contributed by atoms with Crippen LogP contribution in [0.25, 0.3) is 0 Å². The third-order valence-electron chi connectivity index (χ3n) is 1.28. The molecule has 0 aliphatic carbocycles. The molecule has 0 N–H and O–H groups in total. The summed E-state index contributed by atoms with van der Waals surface area (Å²) in [6, 6.07) is 0. The van der Waals surface area contributed by atoms with Gasteiger partial charge in [0.25, 0.3) is 0 Å². The summed E-state index contributed by atoms with van der Waals surface area (Å²) in [5.74, 6) is 0. The predicted octanol–water partition coefficient (Wildman–Crippen LogP) is 2.55. The minimum Gasteiger partial charge on any atom is -0.294 e. The van der Waals surface area contributed by atoms with Crippen LogP contribution in [0.3, 0.4) is 0 Å². The van der Waals surface area contributed by atoms with Crippen LogP contribution in [0.2, 0.25) is 0 Å². The van der Waals surface area contributed by atoms with Crippen molar-refractivity contribution >= 4 is 18.2 Å². The van der Waals surface area contributed by atoms with E-state index in [1.807, 2.05) is 13.8 Å². The van der Waals surface area contributed by atoms with Crippen molar-refractivity contribution in [2.75, 3.05) is 0 Å². The van der Waals surface area contributed by atoms with Gasteiger partial charge in [0.05, 0.1) is 12.2 Å². The standard InChI is InChI=1S/C5H10ClO3P/c1-4-3-5(2)9-10(6,7)8-4/h4-5H,3H2,1-2H3/t4-,5-/m1/s1. The SMILES string of the molecule is C[C@@H]1C[C@@H](C)OP(=O)(Cl)O1. The average Bonchev–Trinajstić information content (AvgIpc) is 1.54. The van der Waals surface area contributed by atoms with E-state index in [1.54, 1.807) is 0 Å². The van der Waals surface area contributed by atoms with Crippen LogP contribution in [-0.2, 0) is 13.6 Å². The number of halogens is 1. The van der Waals surface area contributed by atoms with Crippen LogP contribution in [0.5, 0.6) is 0 Å². The van der Waals surface area contributed by atoms with Gasteiger partial charge < -0.3 is 0 Å². The lowest BCUT2D eigenvalue weighted by Crippen LogP contribution is -2.22. The quantitative estimate of drug-likeness (QED) is 0.543. The zero-order valence-corrected chi connectivity index (χ0v) is 7.56. The van der Waals surface area contributed by atoms with E-state index in [-0.39, 0.29) is 12.2 Å². The highest BCUT2D eigenvalue weighted by Gasteiger charge is 2.32. The molecule has 0 bridgehead atoms. The fourth-order valence-corrected chi connectivity index (χ4v) is 2.91. The molecule has 5 heteroatoms. The summed E-state index contributed by atoms with van der Waals surface area (Å²) in [4.78, 5) is 0. The van der Waals surface area contributed by atoms with Crippen molar-refractivity contribution in [1.29, 1.82) is 0 Å². The van der Waals surface area contributed by atoms with E-state index in [1.165, 1.54) is 0 Å². The summed E-state index contributed by atoms with van der Waals surface area (Å²) in [6.07, 6.45) is 0.621. The molecule has 2 atom stereocenters. The van der Waals surface area contributed by atoms with Crippen molar-refractivity contribution in [2.45, 2.75) is 32.5 Å². The van der Waals surface area contributed by atoms with Crippen molar-refractivity contribution in [2.24, 2.45) is 0 Å². The van der Waals surface area contributed by atoms with E-state index in [2.05, 4.69) is 0 Å². The molecule has 0 aromatic carbocycles. The van der Waals surface area contributed by atoms with Crippen molar-refractivity contribution in [3.8, 4) is 0 Å². The maximum Gasteiger partial charge on any atom is 0.424 e. The lowest BCUT2D eigenvalue weighted by molar-refractivity contribution is 0.0576. The number of hydrogen-bond donors (Lipinski definition) is 0. The molecule has 1 rings (SSSR count). The maximum atomic E-state index is 11.0. The molecule has 1 aliphatic heterocycles. The normalized spacial score (nSPS) is 49.1. The molecule has 0 saturated carbocycles. The van der Waals surface area contributed by atoms with Gasteiger partial charge in [0.15, 0.2) is 0 Å². The highest BCUT2D eigenvalue weighted by atomic mass is 35.7. The van der Waals surface area contributed by atoms with Crippen LogP contribution >= 0.6 is 18.2 Å². The van der Waals surface area contributed by atoms with Crippen LogP contribution in [-0.4, -0.2) is 12.2 Å². The molecule has 1 fully saturated rings. The van der Waals surface area contributed by atoms with Crippen LogP contribution < -0.4 is 0 Å². The van der Waals surface area contributed by atoms with Gasteiger partial charge >= 0.3 is 6.95 Å². The maximum absolute atomic E-state index is 11.0. The first-order valence-corrected chi connectivity index (χ1v) is 5.61. The zero-order chi connectivity index (χ0) is 7.78. The van der Waals surface area contributed by atoms with Crippen LogP contribution in [0.1, 0.15) is 20.3 Å². The lowest BCUT2D eigenvalue weighted by Gasteiger charge is -2.27. The van der Waals surface area contributed by atoms with E-state index in [0.29, 0.717) is 0 Å². The highest BCUT2D eigenvalue weighted by molar-refractivity contribution is 7.81. The monoisotopic (exact) mass is 184 g/mol. The van der Waals surface area contributed by atoms with Crippen molar-refractivity contribution in [1.82, 2.24) is 0 Å². The predicted molar refractivity (Wildman–Crippen MR) is 39.2 cm³/mol. The Labute approximate surface area is 65.0 Å². The Bertz CT molecular complexity index is 158. The molecule has 1 aliphatic rings. The average molecular weight is 185 g/mol. The Morgan fingerprint density at radius 1 is 1.40 bits per heavy atom. The van der Waals surface area contributed by atoms with Crippen molar-refractivity contribution in [3.63, 3.8) is 0 Å². The van der Waals surface area contributed by atoms with Crippen molar-refractivity contribution < 1.29 is 13.6 Å². The Hall–Kier alpha value is 0.440. The molecule has 0 aromatic heterocycles. The van der Waals surface area contributed by atoms with Gasteiger partial charge in [0.2, 0.25) is 0 Å². The van der Waals surface area contributed by atoms with Crippen LogP contribution in [0.15, 0.2) is 0 Å². The Kier molecular flexibility index (Phi) is 2.41. The molecule has 0 spiro atoms. The van der Waals surface area contributed by atoms with E-state index >= 15 is 0 Å². The molecule has 0 amide bonds. The lowest BCUT2D eigenvalue weighted by atomic mass is 10.2. The zero-order valence-electron chi connectivity index (χ0n) is 5.91. The van der Waals surface area contributed by atoms with Gasteiger partial charge in [-0.25, -0.2) is 4.57 Å². The van der Waals surface area contributed by atoms with E-state index in [4.69, 9.17) is 20.3 Å². The van der Waals surface area contributed by atoms with Crippen LogP contribution in [0, 0.1) is 0 Å². The minimum absolute atomic E-state index is 0.0629. The second-order valence-corrected chi connectivity index (χ2v) is 5.02. The van der Waals surface area contributed by atoms with Crippen molar-refractivity contribution in [3.05, 3.63) is 0 Å². The topological polar surface area (TPSA) is 35.5 Å². The third kappa shape index (κ3) is 2.24. The van der Waals surface area contributed by atoms with Gasteiger partial charge in [0.1, 0.15) is 0 Å². The summed E-state index contributed by atoms with van der Waals surface area (Å²) in [5.41, 5.74) is 0. The van der Waals surface area contributed by atoms with Gasteiger partial charge in [-0.05, 0) is 13.8 Å². The van der Waals surface area contributed by atoms with Gasteiger partial charge in [-0.3, -0.25) is 9.05 Å². The largest absolute Gasteiger partial charge is 0.424 e. The third-order valence-corrected chi connectivity index (χ3v) is 2.98. The van der Waals surface area contributed by atoms with Gasteiger partial charge in [-0.2, -0.15) is 0 Å². The molecule has 0 aromatic rings. The first-order valence-electron chi connectivity index (χ1n) is 3.16. The molecule has 1 heterocycles. The Morgan fingerprint density at radius 2 is 1.80 bits per heavy atom. The van der Waals surface area contributed by atoms with Gasteiger partial charge in [-0.15, -0.1) is 0 Å². The second kappa shape index (κ2) is 2.82. The molecule has 60 valence electrons. The van der Waals surface area contributed by atoms with E-state index in [9.17, 15) is 4.57 Å². The number of hydrogen-bond acceptors (Lipinski definition) is 3. The fourth-order valence-electron chi connectivity index (χ4n) is 1.01. The van der Waals surface area contributed by atoms with Gasteiger partial charge in [0, 0.05) is 17.7 Å². The minimum atomic E-state index is -3.23. The molecular weight excluding hydrogens is 174 g/mol. The molecule has 1 saturated heterocycles. The summed E-state index contributed by atoms with van der Waals surface area (Å²) in [6.45, 7) is 0.428. The smallest absolute Gasteiger partial charge is 0.294 e. The molecular formula is C5H10ClO3P.